The first-order valence-corrected chi connectivity index (χ1v) is 6.26. The highest BCUT2D eigenvalue weighted by molar-refractivity contribution is 5.93. The topological polar surface area (TPSA) is 56.0 Å². The van der Waals surface area contributed by atoms with Crippen molar-refractivity contribution < 1.29 is 9.52 Å². The smallest absolute Gasteiger partial charge is 0.251 e. The largest absolute Gasteiger partial charge is 0.619 e. The molecule has 0 spiro atoms. The number of amides is 1. The van der Waals surface area contributed by atoms with Crippen LogP contribution in [0.2, 0.25) is 0 Å². The minimum atomic E-state index is -0.145. The molecule has 0 aliphatic carbocycles. The molecule has 4 nitrogen and oxygen atoms in total. The lowest BCUT2D eigenvalue weighted by atomic mass is 10.1. The van der Waals surface area contributed by atoms with Crippen LogP contribution in [0.15, 0.2) is 54.9 Å². The molecule has 0 bridgehead atoms. The van der Waals surface area contributed by atoms with Crippen molar-refractivity contribution in [2.45, 2.75) is 12.8 Å². The van der Waals surface area contributed by atoms with Gasteiger partial charge in [0.1, 0.15) is 0 Å². The fourth-order valence-electron chi connectivity index (χ4n) is 1.81. The Kier molecular flexibility index (Phi) is 4.50. The third-order valence-corrected chi connectivity index (χ3v) is 2.83. The first kappa shape index (κ1) is 13.1. The lowest BCUT2D eigenvalue weighted by molar-refractivity contribution is -0.605. The van der Waals surface area contributed by atoms with Crippen LogP contribution in [-0.2, 0) is 6.42 Å². The van der Waals surface area contributed by atoms with Crippen LogP contribution < -0.4 is 10.0 Å². The Morgan fingerprint density at radius 2 is 1.79 bits per heavy atom. The van der Waals surface area contributed by atoms with Crippen LogP contribution in [0.1, 0.15) is 22.3 Å². The van der Waals surface area contributed by atoms with Gasteiger partial charge in [0, 0.05) is 18.7 Å². The van der Waals surface area contributed by atoms with Gasteiger partial charge in [0.05, 0.1) is 5.56 Å². The summed E-state index contributed by atoms with van der Waals surface area (Å²) in [5.41, 5.74) is 1.77. The molecule has 1 amide bonds. The van der Waals surface area contributed by atoms with E-state index in [1.54, 1.807) is 0 Å². The molecular weight excluding hydrogens is 240 g/mol. The summed E-state index contributed by atoms with van der Waals surface area (Å²) in [4.78, 5) is 11.7. The van der Waals surface area contributed by atoms with Gasteiger partial charge in [0.25, 0.3) is 5.91 Å². The summed E-state index contributed by atoms with van der Waals surface area (Å²) < 4.78 is 0.659. The van der Waals surface area contributed by atoms with Crippen LogP contribution in [0.3, 0.4) is 0 Å². The van der Waals surface area contributed by atoms with Crippen LogP contribution in [0.5, 0.6) is 0 Å². The molecule has 0 saturated heterocycles. The third kappa shape index (κ3) is 4.10. The van der Waals surface area contributed by atoms with E-state index in [0.717, 1.165) is 12.8 Å². The first-order valence-electron chi connectivity index (χ1n) is 6.26. The minimum Gasteiger partial charge on any atom is -0.619 e. The Morgan fingerprint density at radius 1 is 1.11 bits per heavy atom. The summed E-state index contributed by atoms with van der Waals surface area (Å²) in [7, 11) is 0. The molecule has 0 atom stereocenters. The van der Waals surface area contributed by atoms with Gasteiger partial charge in [0.15, 0.2) is 12.4 Å². The van der Waals surface area contributed by atoms with Crippen molar-refractivity contribution in [2.75, 3.05) is 6.54 Å². The van der Waals surface area contributed by atoms with Crippen LogP contribution in [0.4, 0.5) is 0 Å². The molecule has 1 N–H and O–H groups in total. The highest BCUT2D eigenvalue weighted by atomic mass is 16.5. The molecule has 0 aliphatic rings. The maximum Gasteiger partial charge on any atom is 0.251 e. The van der Waals surface area contributed by atoms with E-state index in [1.807, 2.05) is 18.2 Å². The third-order valence-electron chi connectivity index (χ3n) is 2.83. The standard InChI is InChI=1S/C15H16N2O2/c18-15(14-8-11-17(19)12-9-14)16-10-4-7-13-5-2-1-3-6-13/h1-3,5-6,8-9,11-12H,4,7,10H2,(H,16,18). The van der Waals surface area contributed by atoms with E-state index in [-0.39, 0.29) is 5.91 Å². The van der Waals surface area contributed by atoms with Crippen molar-refractivity contribution in [3.63, 3.8) is 0 Å². The number of carbonyl (C=O) groups excluding carboxylic acids is 1. The molecule has 1 aromatic carbocycles. The quantitative estimate of drug-likeness (QED) is 0.503. The van der Waals surface area contributed by atoms with Gasteiger partial charge in [-0.25, -0.2) is 0 Å². The van der Waals surface area contributed by atoms with Gasteiger partial charge < -0.3 is 10.5 Å². The predicted octanol–water partition coefficient (Wildman–Crippen LogP) is 1.68. The number of hydrogen-bond donors (Lipinski definition) is 1. The fraction of sp³-hybridized carbons (Fsp3) is 0.200. The van der Waals surface area contributed by atoms with Crippen molar-refractivity contribution in [1.29, 1.82) is 0 Å². The van der Waals surface area contributed by atoms with E-state index >= 15 is 0 Å². The lowest BCUT2D eigenvalue weighted by Gasteiger charge is -2.05. The van der Waals surface area contributed by atoms with E-state index in [2.05, 4.69) is 17.4 Å². The molecule has 2 aromatic rings. The zero-order valence-corrected chi connectivity index (χ0v) is 10.6. The van der Waals surface area contributed by atoms with E-state index in [0.29, 0.717) is 16.8 Å². The van der Waals surface area contributed by atoms with E-state index in [4.69, 9.17) is 0 Å². The molecule has 1 aromatic heterocycles. The molecule has 1 heterocycles. The number of aryl methyl sites for hydroxylation is 1. The summed E-state index contributed by atoms with van der Waals surface area (Å²) in [5.74, 6) is -0.145. The van der Waals surface area contributed by atoms with Crippen molar-refractivity contribution in [3.05, 3.63) is 71.2 Å². The van der Waals surface area contributed by atoms with Crippen LogP contribution >= 0.6 is 0 Å². The molecule has 0 unspecified atom stereocenters. The van der Waals surface area contributed by atoms with Crippen LogP contribution in [0.25, 0.3) is 0 Å². The summed E-state index contributed by atoms with van der Waals surface area (Å²) in [5, 5.41) is 13.7. The van der Waals surface area contributed by atoms with Gasteiger partial charge >= 0.3 is 0 Å². The average Bonchev–Trinajstić information content (AvgIpc) is 2.45. The number of aromatic nitrogens is 1. The lowest BCUT2D eigenvalue weighted by Crippen LogP contribution is -2.28. The molecule has 19 heavy (non-hydrogen) atoms. The van der Waals surface area contributed by atoms with Crippen molar-refractivity contribution in [3.8, 4) is 0 Å². The second-order valence-corrected chi connectivity index (χ2v) is 4.29. The predicted molar refractivity (Wildman–Crippen MR) is 72.5 cm³/mol. The molecule has 98 valence electrons. The van der Waals surface area contributed by atoms with Crippen LogP contribution in [0, 0.1) is 5.21 Å². The summed E-state index contributed by atoms with van der Waals surface area (Å²) in [6.45, 7) is 0.625. The molecular formula is C15H16N2O2. The van der Waals surface area contributed by atoms with Crippen molar-refractivity contribution in [1.82, 2.24) is 5.32 Å². The van der Waals surface area contributed by atoms with Gasteiger partial charge in [0.2, 0.25) is 0 Å². The number of hydrogen-bond acceptors (Lipinski definition) is 2. The maximum atomic E-state index is 11.7. The zero-order valence-electron chi connectivity index (χ0n) is 10.6. The SMILES string of the molecule is O=C(NCCCc1ccccc1)c1cc[n+]([O-])cc1. The average molecular weight is 256 g/mol. The van der Waals surface area contributed by atoms with E-state index in [9.17, 15) is 10.0 Å². The van der Waals surface area contributed by atoms with Gasteiger partial charge in [-0.05, 0) is 18.4 Å². The van der Waals surface area contributed by atoms with Crippen LogP contribution in [-0.4, -0.2) is 12.5 Å². The minimum absolute atomic E-state index is 0.145. The Hall–Kier alpha value is -2.36. The molecule has 0 saturated carbocycles. The summed E-state index contributed by atoms with van der Waals surface area (Å²) >= 11 is 0. The van der Waals surface area contributed by atoms with E-state index in [1.165, 1.54) is 30.1 Å². The monoisotopic (exact) mass is 256 g/mol. The summed E-state index contributed by atoms with van der Waals surface area (Å²) in [6, 6.07) is 13.2. The Labute approximate surface area is 112 Å². The van der Waals surface area contributed by atoms with Gasteiger partial charge in [-0.3, -0.25) is 4.79 Å². The van der Waals surface area contributed by atoms with Crippen molar-refractivity contribution >= 4 is 5.91 Å². The van der Waals surface area contributed by atoms with Gasteiger partial charge in [-0.1, -0.05) is 30.3 Å². The molecule has 0 fully saturated rings. The normalized spacial score (nSPS) is 10.1. The Balaban J connectivity index is 1.74. The van der Waals surface area contributed by atoms with Gasteiger partial charge in [-0.2, -0.15) is 4.73 Å². The molecule has 2 rings (SSSR count). The number of rotatable bonds is 5. The Morgan fingerprint density at radius 3 is 2.47 bits per heavy atom. The highest BCUT2D eigenvalue weighted by Crippen LogP contribution is 2.02. The van der Waals surface area contributed by atoms with Gasteiger partial charge in [-0.15, -0.1) is 0 Å². The summed E-state index contributed by atoms with van der Waals surface area (Å²) in [6.07, 6.45) is 4.47. The maximum absolute atomic E-state index is 11.7. The Bertz CT molecular complexity index is 524. The second kappa shape index (κ2) is 6.54. The second-order valence-electron chi connectivity index (χ2n) is 4.29. The number of nitrogens with one attached hydrogen (secondary N) is 1. The zero-order chi connectivity index (χ0) is 13.5. The number of benzene rings is 1. The molecule has 0 radical (unpaired) electrons. The van der Waals surface area contributed by atoms with E-state index < -0.39 is 0 Å². The number of carbonyl (C=O) groups is 1. The molecule has 4 heteroatoms. The highest BCUT2D eigenvalue weighted by Gasteiger charge is 2.05. The fourth-order valence-corrected chi connectivity index (χ4v) is 1.81. The number of nitrogens with zero attached hydrogens (tertiary/aromatic N) is 1. The van der Waals surface area contributed by atoms with Crippen molar-refractivity contribution in [2.24, 2.45) is 0 Å². The first-order chi connectivity index (χ1) is 9.25. The number of pyridine rings is 1. The molecule has 0 aliphatic heterocycles.